The van der Waals surface area contributed by atoms with Crippen molar-refractivity contribution in [1.29, 1.82) is 0 Å². The number of hydrogen-bond acceptors (Lipinski definition) is 4. The Morgan fingerprint density at radius 1 is 1.21 bits per heavy atom. The van der Waals surface area contributed by atoms with E-state index in [0.717, 1.165) is 22.8 Å². The van der Waals surface area contributed by atoms with Crippen molar-refractivity contribution in [2.24, 2.45) is 5.92 Å². The zero-order valence-corrected chi connectivity index (χ0v) is 20.2. The molecule has 0 unspecified atom stereocenters. The van der Waals surface area contributed by atoms with Crippen LogP contribution in [0, 0.1) is 5.92 Å². The van der Waals surface area contributed by atoms with Crippen molar-refractivity contribution in [3.63, 3.8) is 0 Å². The van der Waals surface area contributed by atoms with Gasteiger partial charge in [-0.05, 0) is 69.4 Å². The van der Waals surface area contributed by atoms with E-state index < -0.39 is 20.0 Å². The molecule has 1 N–H and O–H groups in total. The molecule has 0 bridgehead atoms. The van der Waals surface area contributed by atoms with Gasteiger partial charge in [0.1, 0.15) is 11.4 Å². The Bertz CT molecular complexity index is 746. The van der Waals surface area contributed by atoms with Gasteiger partial charge in [-0.25, -0.2) is 4.79 Å². The minimum absolute atomic E-state index is 0.0237. The molecule has 0 spiro atoms. The summed E-state index contributed by atoms with van der Waals surface area (Å²) in [4.78, 5) is 12.3. The molecule has 1 aliphatic carbocycles. The highest BCUT2D eigenvalue weighted by Crippen LogP contribution is 2.37. The van der Waals surface area contributed by atoms with Gasteiger partial charge in [-0.3, -0.25) is 5.21 Å². The van der Waals surface area contributed by atoms with Crippen molar-refractivity contribution in [2.45, 2.75) is 84.2 Å². The first-order valence-corrected chi connectivity index (χ1v) is 13.3. The average molecular weight is 420 g/mol. The Kier molecular flexibility index (Phi) is 6.90. The van der Waals surface area contributed by atoms with E-state index in [9.17, 15) is 10.0 Å². The molecule has 0 saturated carbocycles. The lowest BCUT2D eigenvalue weighted by Crippen LogP contribution is -2.44. The Hall–Kier alpha value is -1.79. The lowest BCUT2D eigenvalue weighted by Gasteiger charge is -2.36. The summed E-state index contributed by atoms with van der Waals surface area (Å²) in [5.74, 6) is 0.913. The third-order valence-electron chi connectivity index (χ3n) is 5.70. The van der Waals surface area contributed by atoms with Crippen LogP contribution in [0.1, 0.15) is 53.5 Å². The Morgan fingerprint density at radius 3 is 2.45 bits per heavy atom. The summed E-state index contributed by atoms with van der Waals surface area (Å²) in [5, 5.41) is 11.3. The van der Waals surface area contributed by atoms with Gasteiger partial charge in [-0.1, -0.05) is 45.1 Å². The molecule has 2 rings (SSSR count). The van der Waals surface area contributed by atoms with Crippen LogP contribution in [0.25, 0.3) is 0 Å². The summed E-state index contributed by atoms with van der Waals surface area (Å²) in [6.07, 6.45) is 4.71. The fourth-order valence-corrected chi connectivity index (χ4v) is 4.10. The predicted octanol–water partition coefficient (Wildman–Crippen LogP) is 6.18. The van der Waals surface area contributed by atoms with Crippen LogP contribution in [0.2, 0.25) is 18.1 Å². The van der Waals surface area contributed by atoms with Crippen molar-refractivity contribution in [3.8, 4) is 5.75 Å². The second-order valence-electron chi connectivity index (χ2n) is 10.4. The number of nitrogens with zero attached hydrogens (tertiary/aromatic N) is 1. The van der Waals surface area contributed by atoms with E-state index >= 15 is 0 Å². The van der Waals surface area contributed by atoms with Crippen LogP contribution in [0.4, 0.5) is 4.79 Å². The first-order valence-electron chi connectivity index (χ1n) is 10.4. The highest BCUT2D eigenvalue weighted by molar-refractivity contribution is 6.74. The van der Waals surface area contributed by atoms with E-state index in [2.05, 4.69) is 52.1 Å². The molecule has 5 nitrogen and oxygen atoms in total. The van der Waals surface area contributed by atoms with E-state index in [0.29, 0.717) is 6.42 Å². The van der Waals surface area contributed by atoms with Crippen LogP contribution in [0.5, 0.6) is 5.75 Å². The topological polar surface area (TPSA) is 59.0 Å². The monoisotopic (exact) mass is 419 g/mol. The van der Waals surface area contributed by atoms with Crippen molar-refractivity contribution in [2.75, 3.05) is 0 Å². The smallest absolute Gasteiger partial charge is 0.434 e. The SMILES string of the molecule is CC(C)(C)OC(=O)N(O)[C@@H]1CC=C[C@H]1Cc1cccc(O[Si](C)(C)C(C)(C)C)c1. The lowest BCUT2D eigenvalue weighted by molar-refractivity contribution is -0.125. The van der Waals surface area contributed by atoms with E-state index in [4.69, 9.17) is 9.16 Å². The summed E-state index contributed by atoms with van der Waals surface area (Å²) >= 11 is 0. The summed E-state index contributed by atoms with van der Waals surface area (Å²) in [7, 11) is -1.91. The number of amides is 1. The van der Waals surface area contributed by atoms with Gasteiger partial charge >= 0.3 is 6.09 Å². The van der Waals surface area contributed by atoms with Crippen molar-refractivity contribution < 1.29 is 19.2 Å². The van der Waals surface area contributed by atoms with Gasteiger partial charge in [0.25, 0.3) is 0 Å². The first-order chi connectivity index (χ1) is 13.2. The molecule has 1 aromatic rings. The molecule has 0 saturated heterocycles. The van der Waals surface area contributed by atoms with Crippen molar-refractivity contribution >= 4 is 14.4 Å². The summed E-state index contributed by atoms with van der Waals surface area (Å²) in [5.41, 5.74) is 0.481. The van der Waals surface area contributed by atoms with Crippen LogP contribution in [0.15, 0.2) is 36.4 Å². The number of carbonyl (C=O) groups excluding carboxylic acids is 1. The fraction of sp³-hybridized carbons (Fsp3) is 0.609. The zero-order chi connectivity index (χ0) is 22.0. The number of carbonyl (C=O) groups is 1. The molecule has 1 aliphatic rings. The van der Waals surface area contributed by atoms with Crippen LogP contribution in [-0.4, -0.2) is 36.3 Å². The molecular formula is C23H37NO4Si. The van der Waals surface area contributed by atoms with Gasteiger partial charge in [0.2, 0.25) is 8.32 Å². The van der Waals surface area contributed by atoms with E-state index in [1.165, 1.54) is 0 Å². The zero-order valence-electron chi connectivity index (χ0n) is 19.2. The third kappa shape index (κ3) is 6.34. The number of hydroxylamine groups is 2. The Morgan fingerprint density at radius 2 is 1.86 bits per heavy atom. The predicted molar refractivity (Wildman–Crippen MR) is 119 cm³/mol. The summed E-state index contributed by atoms with van der Waals surface area (Å²) < 4.78 is 11.7. The average Bonchev–Trinajstić information content (AvgIpc) is 2.99. The molecular weight excluding hydrogens is 382 g/mol. The molecule has 6 heteroatoms. The van der Waals surface area contributed by atoms with Gasteiger partial charge in [0, 0.05) is 5.92 Å². The van der Waals surface area contributed by atoms with Gasteiger partial charge in [-0.15, -0.1) is 0 Å². The molecule has 162 valence electrons. The van der Waals surface area contributed by atoms with Crippen molar-refractivity contribution in [3.05, 3.63) is 42.0 Å². The lowest BCUT2D eigenvalue weighted by atomic mass is 9.95. The van der Waals surface area contributed by atoms with Crippen LogP contribution >= 0.6 is 0 Å². The number of hydrogen-bond donors (Lipinski definition) is 1. The largest absolute Gasteiger partial charge is 0.543 e. The third-order valence-corrected chi connectivity index (χ3v) is 10.1. The molecule has 0 radical (unpaired) electrons. The van der Waals surface area contributed by atoms with Crippen LogP contribution in [0.3, 0.4) is 0 Å². The Balaban J connectivity index is 2.09. The molecule has 0 heterocycles. The maximum absolute atomic E-state index is 12.3. The molecule has 29 heavy (non-hydrogen) atoms. The van der Waals surface area contributed by atoms with E-state index in [1.807, 2.05) is 18.2 Å². The molecule has 2 atom stereocenters. The second-order valence-corrected chi connectivity index (χ2v) is 15.2. The number of ether oxygens (including phenoxy) is 1. The number of benzene rings is 1. The molecule has 0 aromatic heterocycles. The fourth-order valence-electron chi connectivity index (χ4n) is 3.08. The first kappa shape index (κ1) is 23.5. The van der Waals surface area contributed by atoms with Gasteiger partial charge in [0.15, 0.2) is 0 Å². The molecule has 1 aromatic carbocycles. The number of rotatable bonds is 5. The van der Waals surface area contributed by atoms with Gasteiger partial charge in [0.05, 0.1) is 6.04 Å². The standard InChI is InChI=1S/C23H37NO4Si/c1-22(2,3)27-21(25)24(26)20-14-10-12-18(20)15-17-11-9-13-19(16-17)28-29(7,8)23(4,5)6/h9-13,16,18,20,26H,14-15H2,1-8H3/t18-,20+/m0/s1. The summed E-state index contributed by atoms with van der Waals surface area (Å²) in [6.45, 7) is 16.5. The quantitative estimate of drug-likeness (QED) is 0.268. The van der Waals surface area contributed by atoms with E-state index in [-0.39, 0.29) is 17.0 Å². The van der Waals surface area contributed by atoms with Gasteiger partial charge in [-0.2, -0.15) is 5.06 Å². The minimum atomic E-state index is -1.91. The van der Waals surface area contributed by atoms with Crippen molar-refractivity contribution in [1.82, 2.24) is 5.06 Å². The molecule has 1 amide bonds. The Labute approximate surface area is 176 Å². The maximum atomic E-state index is 12.3. The highest BCUT2D eigenvalue weighted by Gasteiger charge is 2.39. The normalized spacial score (nSPS) is 19.9. The highest BCUT2D eigenvalue weighted by atomic mass is 28.4. The molecule has 0 aliphatic heterocycles. The van der Waals surface area contributed by atoms with Crippen LogP contribution in [-0.2, 0) is 11.2 Å². The maximum Gasteiger partial charge on any atom is 0.434 e. The molecule has 0 fully saturated rings. The van der Waals surface area contributed by atoms with Crippen LogP contribution < -0.4 is 4.43 Å². The van der Waals surface area contributed by atoms with E-state index in [1.54, 1.807) is 20.8 Å². The minimum Gasteiger partial charge on any atom is -0.543 e. The second kappa shape index (κ2) is 8.52. The van der Waals surface area contributed by atoms with Gasteiger partial charge < -0.3 is 9.16 Å². The summed E-state index contributed by atoms with van der Waals surface area (Å²) in [6, 6.07) is 7.84.